The van der Waals surface area contributed by atoms with Crippen molar-refractivity contribution in [2.24, 2.45) is 0 Å². The minimum atomic E-state index is -0.716. The van der Waals surface area contributed by atoms with Crippen molar-refractivity contribution in [3.63, 3.8) is 0 Å². The molecule has 4 nitrogen and oxygen atoms in total. The van der Waals surface area contributed by atoms with Gasteiger partial charge in [0.25, 0.3) is 0 Å². The van der Waals surface area contributed by atoms with E-state index in [9.17, 15) is 9.90 Å². The van der Waals surface area contributed by atoms with E-state index in [2.05, 4.69) is 10.6 Å². The van der Waals surface area contributed by atoms with Gasteiger partial charge in [-0.3, -0.25) is 0 Å². The van der Waals surface area contributed by atoms with Gasteiger partial charge in [-0.25, -0.2) is 4.79 Å². The van der Waals surface area contributed by atoms with Gasteiger partial charge in [-0.15, -0.1) is 0 Å². The fourth-order valence-electron chi connectivity index (χ4n) is 2.29. The average Bonchev–Trinajstić information content (AvgIpc) is 2.52. The number of aliphatic hydroxyl groups excluding tert-OH is 1. The Morgan fingerprint density at radius 3 is 2.68 bits per heavy atom. The van der Waals surface area contributed by atoms with E-state index in [1.54, 1.807) is 11.8 Å². The smallest absolute Gasteiger partial charge is 0.315 e. The van der Waals surface area contributed by atoms with E-state index in [-0.39, 0.29) is 18.6 Å². The molecular weight excluding hydrogens is 296 g/mol. The van der Waals surface area contributed by atoms with Gasteiger partial charge in [-0.05, 0) is 35.6 Å². The lowest BCUT2D eigenvalue weighted by atomic mass is 10.0. The molecule has 0 heterocycles. The fraction of sp³-hybridized carbons (Fsp3) is 0.353. The molecule has 0 saturated carbocycles. The molecule has 2 atom stereocenters. The highest BCUT2D eigenvalue weighted by Gasteiger charge is 2.11. The summed E-state index contributed by atoms with van der Waals surface area (Å²) in [4.78, 5) is 11.7. The number of carbonyl (C=O) groups is 1. The predicted molar refractivity (Wildman–Crippen MR) is 93.3 cm³/mol. The lowest BCUT2D eigenvalue weighted by molar-refractivity contribution is 0.173. The first-order valence-electron chi connectivity index (χ1n) is 7.30. The molecule has 0 aliphatic rings. The Hall–Kier alpha value is -1.72. The second-order valence-corrected chi connectivity index (χ2v) is 6.24. The molecule has 2 aromatic rings. The maximum atomic E-state index is 11.7. The summed E-state index contributed by atoms with van der Waals surface area (Å²) in [7, 11) is 0. The average molecular weight is 318 g/mol. The predicted octanol–water partition coefficient (Wildman–Crippen LogP) is 2.92. The minimum absolute atomic E-state index is 0.104. The summed E-state index contributed by atoms with van der Waals surface area (Å²) in [5.74, 6) is 0.862. The first-order chi connectivity index (χ1) is 10.6. The number of carbonyl (C=O) groups excluding carboxylic acids is 1. The Kier molecular flexibility index (Phi) is 6.10. The molecular formula is C17H22N2O2S. The van der Waals surface area contributed by atoms with E-state index in [0.717, 1.165) is 22.1 Å². The summed E-state index contributed by atoms with van der Waals surface area (Å²) in [6.07, 6.45) is 1.28. The van der Waals surface area contributed by atoms with E-state index < -0.39 is 6.10 Å². The highest BCUT2D eigenvalue weighted by atomic mass is 32.2. The van der Waals surface area contributed by atoms with Crippen LogP contribution < -0.4 is 10.6 Å². The van der Waals surface area contributed by atoms with E-state index in [1.807, 2.05) is 55.6 Å². The van der Waals surface area contributed by atoms with E-state index in [4.69, 9.17) is 0 Å². The normalized spacial score (nSPS) is 13.6. The summed E-state index contributed by atoms with van der Waals surface area (Å²) < 4.78 is 0. The Balaban J connectivity index is 1.90. The van der Waals surface area contributed by atoms with Gasteiger partial charge in [0.2, 0.25) is 0 Å². The number of thioether (sulfide) groups is 1. The van der Waals surface area contributed by atoms with Crippen LogP contribution in [-0.2, 0) is 0 Å². The molecule has 0 fully saturated rings. The molecule has 2 unspecified atom stereocenters. The summed E-state index contributed by atoms with van der Waals surface area (Å²) >= 11 is 1.68. The van der Waals surface area contributed by atoms with Gasteiger partial charge in [-0.2, -0.15) is 11.8 Å². The Morgan fingerprint density at radius 2 is 1.95 bits per heavy atom. The minimum Gasteiger partial charge on any atom is -0.387 e. The summed E-state index contributed by atoms with van der Waals surface area (Å²) in [6, 6.07) is 13.7. The van der Waals surface area contributed by atoms with Crippen molar-refractivity contribution in [1.29, 1.82) is 0 Å². The third-order valence-electron chi connectivity index (χ3n) is 3.41. The lowest BCUT2D eigenvalue weighted by Gasteiger charge is -2.16. The van der Waals surface area contributed by atoms with Crippen LogP contribution in [0.2, 0.25) is 0 Å². The summed E-state index contributed by atoms with van der Waals surface area (Å²) in [5.41, 5.74) is 0.802. The molecule has 0 spiro atoms. The third-order valence-corrected chi connectivity index (χ3v) is 4.24. The van der Waals surface area contributed by atoms with Crippen LogP contribution in [0.3, 0.4) is 0 Å². The Bertz CT molecular complexity index is 633. The molecule has 2 rings (SSSR count). The van der Waals surface area contributed by atoms with Crippen LogP contribution >= 0.6 is 11.8 Å². The van der Waals surface area contributed by atoms with Gasteiger partial charge in [0.1, 0.15) is 0 Å². The van der Waals surface area contributed by atoms with Crippen molar-refractivity contribution in [3.8, 4) is 0 Å². The fourth-order valence-corrected chi connectivity index (χ4v) is 2.87. The van der Waals surface area contributed by atoms with Gasteiger partial charge in [0.05, 0.1) is 6.10 Å². The zero-order valence-corrected chi connectivity index (χ0v) is 13.7. The molecule has 22 heavy (non-hydrogen) atoms. The second kappa shape index (κ2) is 8.06. The standard InChI is InChI=1S/C17H22N2O2S/c1-12(11-22-2)19-17(21)18-10-16(20)15-8-7-13-5-3-4-6-14(13)9-15/h3-9,12,16,20H,10-11H2,1-2H3,(H2,18,19,21). The van der Waals surface area contributed by atoms with E-state index in [0.29, 0.717) is 0 Å². The van der Waals surface area contributed by atoms with Crippen LogP contribution in [0.5, 0.6) is 0 Å². The van der Waals surface area contributed by atoms with Crippen LogP contribution in [0, 0.1) is 0 Å². The zero-order valence-electron chi connectivity index (χ0n) is 12.9. The lowest BCUT2D eigenvalue weighted by Crippen LogP contribution is -2.43. The van der Waals surface area contributed by atoms with Crippen LogP contribution in [-0.4, -0.2) is 35.7 Å². The highest BCUT2D eigenvalue weighted by molar-refractivity contribution is 7.98. The zero-order chi connectivity index (χ0) is 15.9. The third kappa shape index (κ3) is 4.64. The number of aliphatic hydroxyl groups is 1. The molecule has 3 N–H and O–H groups in total. The molecule has 2 amide bonds. The largest absolute Gasteiger partial charge is 0.387 e. The highest BCUT2D eigenvalue weighted by Crippen LogP contribution is 2.19. The number of hydrogen-bond donors (Lipinski definition) is 3. The number of rotatable bonds is 6. The molecule has 5 heteroatoms. The van der Waals surface area contributed by atoms with Crippen LogP contribution in [0.15, 0.2) is 42.5 Å². The Labute approximate surface area is 135 Å². The number of amides is 2. The molecule has 0 bridgehead atoms. The number of fused-ring (bicyclic) bond motifs is 1. The number of benzene rings is 2. The number of urea groups is 1. The van der Waals surface area contributed by atoms with Gasteiger partial charge in [-0.1, -0.05) is 36.4 Å². The number of nitrogens with one attached hydrogen (secondary N) is 2. The topological polar surface area (TPSA) is 61.4 Å². The van der Waals surface area contributed by atoms with Crippen LogP contribution in [0.4, 0.5) is 4.79 Å². The molecule has 0 saturated heterocycles. The molecule has 118 valence electrons. The summed E-state index contributed by atoms with van der Waals surface area (Å²) in [6.45, 7) is 2.14. The molecule has 0 aliphatic heterocycles. The summed E-state index contributed by atoms with van der Waals surface area (Å²) in [5, 5.41) is 18.0. The van der Waals surface area contributed by atoms with Crippen LogP contribution in [0.1, 0.15) is 18.6 Å². The van der Waals surface area contributed by atoms with Gasteiger partial charge >= 0.3 is 6.03 Å². The van der Waals surface area contributed by atoms with Crippen molar-refractivity contribution >= 4 is 28.6 Å². The van der Waals surface area contributed by atoms with Crippen molar-refractivity contribution < 1.29 is 9.90 Å². The van der Waals surface area contributed by atoms with Gasteiger partial charge in [0, 0.05) is 18.3 Å². The van der Waals surface area contributed by atoms with Crippen molar-refractivity contribution in [3.05, 3.63) is 48.0 Å². The quantitative estimate of drug-likeness (QED) is 0.767. The van der Waals surface area contributed by atoms with E-state index >= 15 is 0 Å². The Morgan fingerprint density at radius 1 is 1.23 bits per heavy atom. The second-order valence-electron chi connectivity index (χ2n) is 5.33. The molecule has 0 aromatic heterocycles. The maximum absolute atomic E-state index is 11.7. The van der Waals surface area contributed by atoms with Crippen molar-refractivity contribution in [2.75, 3.05) is 18.6 Å². The SMILES string of the molecule is CSCC(C)NC(=O)NCC(O)c1ccc2ccccc2c1. The monoisotopic (exact) mass is 318 g/mol. The van der Waals surface area contributed by atoms with Crippen LogP contribution in [0.25, 0.3) is 10.8 Å². The molecule has 2 aromatic carbocycles. The van der Waals surface area contributed by atoms with Crippen molar-refractivity contribution in [2.45, 2.75) is 19.1 Å². The maximum Gasteiger partial charge on any atom is 0.315 e. The molecule has 0 radical (unpaired) electrons. The first-order valence-corrected chi connectivity index (χ1v) is 8.69. The van der Waals surface area contributed by atoms with Crippen molar-refractivity contribution in [1.82, 2.24) is 10.6 Å². The van der Waals surface area contributed by atoms with Gasteiger partial charge < -0.3 is 15.7 Å². The number of hydrogen-bond acceptors (Lipinski definition) is 3. The molecule has 0 aliphatic carbocycles. The van der Waals surface area contributed by atoms with E-state index in [1.165, 1.54) is 0 Å². The van der Waals surface area contributed by atoms with Gasteiger partial charge in [0.15, 0.2) is 0 Å². The first kappa shape index (κ1) is 16.6.